The number of carbonyl (C=O) groups is 2. The van der Waals surface area contributed by atoms with Crippen molar-refractivity contribution in [3.05, 3.63) is 24.3 Å². The number of rotatable bonds is 9. The van der Waals surface area contributed by atoms with Gasteiger partial charge in [0.1, 0.15) is 6.61 Å². The lowest BCUT2D eigenvalue weighted by atomic mass is 10.3. The Morgan fingerprint density at radius 2 is 1.95 bits per heavy atom. The SMILES string of the molecule is COc1ccccc1OCCN(C)C(=O)NCCCC(=O)O. The number of carbonyl (C=O) groups excluding carboxylic acids is 1. The summed E-state index contributed by atoms with van der Waals surface area (Å²) < 4.78 is 10.8. The van der Waals surface area contributed by atoms with Gasteiger partial charge in [0.25, 0.3) is 0 Å². The van der Waals surface area contributed by atoms with Gasteiger partial charge in [-0.2, -0.15) is 0 Å². The number of hydrogen-bond acceptors (Lipinski definition) is 4. The van der Waals surface area contributed by atoms with Crippen LogP contribution in [0.3, 0.4) is 0 Å². The molecule has 2 amide bonds. The van der Waals surface area contributed by atoms with E-state index in [1.54, 1.807) is 26.3 Å². The summed E-state index contributed by atoms with van der Waals surface area (Å²) >= 11 is 0. The fraction of sp³-hybridized carbons (Fsp3) is 0.467. The van der Waals surface area contributed by atoms with Crippen LogP contribution in [0.5, 0.6) is 11.5 Å². The van der Waals surface area contributed by atoms with Crippen LogP contribution in [0.2, 0.25) is 0 Å². The van der Waals surface area contributed by atoms with E-state index in [1.165, 1.54) is 4.90 Å². The maximum Gasteiger partial charge on any atom is 0.317 e. The molecule has 0 aliphatic heterocycles. The Morgan fingerprint density at radius 1 is 1.27 bits per heavy atom. The third-order valence-electron chi connectivity index (χ3n) is 2.94. The largest absolute Gasteiger partial charge is 0.493 e. The zero-order chi connectivity index (χ0) is 16.4. The summed E-state index contributed by atoms with van der Waals surface area (Å²) in [5.41, 5.74) is 0. The molecule has 2 N–H and O–H groups in total. The van der Waals surface area contributed by atoms with E-state index in [-0.39, 0.29) is 12.5 Å². The van der Waals surface area contributed by atoms with E-state index in [1.807, 2.05) is 12.1 Å². The number of ether oxygens (including phenoxy) is 2. The number of para-hydroxylation sites is 2. The zero-order valence-corrected chi connectivity index (χ0v) is 12.9. The third kappa shape index (κ3) is 6.34. The maximum absolute atomic E-state index is 11.7. The first-order valence-corrected chi connectivity index (χ1v) is 7.01. The molecule has 0 atom stereocenters. The van der Waals surface area contributed by atoms with Crippen LogP contribution in [-0.4, -0.2) is 55.9 Å². The lowest BCUT2D eigenvalue weighted by molar-refractivity contribution is -0.137. The van der Waals surface area contributed by atoms with Gasteiger partial charge in [-0.05, 0) is 18.6 Å². The van der Waals surface area contributed by atoms with E-state index in [0.717, 1.165) is 0 Å². The molecule has 0 spiro atoms. The molecule has 0 unspecified atom stereocenters. The van der Waals surface area contributed by atoms with Crippen molar-refractivity contribution in [2.24, 2.45) is 0 Å². The molecule has 0 heterocycles. The normalized spacial score (nSPS) is 9.91. The minimum absolute atomic E-state index is 0.0426. The Labute approximate surface area is 129 Å². The number of benzene rings is 1. The summed E-state index contributed by atoms with van der Waals surface area (Å²) in [4.78, 5) is 23.6. The molecular weight excluding hydrogens is 288 g/mol. The summed E-state index contributed by atoms with van der Waals surface area (Å²) in [5.74, 6) is 0.399. The Balaban J connectivity index is 2.26. The van der Waals surface area contributed by atoms with E-state index < -0.39 is 5.97 Å². The van der Waals surface area contributed by atoms with Crippen LogP contribution in [0.4, 0.5) is 4.79 Å². The Bertz CT molecular complexity index is 493. The third-order valence-corrected chi connectivity index (χ3v) is 2.94. The molecule has 0 bridgehead atoms. The fourth-order valence-corrected chi connectivity index (χ4v) is 1.70. The first-order chi connectivity index (χ1) is 10.5. The van der Waals surface area contributed by atoms with Gasteiger partial charge in [-0.15, -0.1) is 0 Å². The standard InChI is InChI=1S/C15H22N2O5/c1-17(15(20)16-9-5-8-14(18)19)10-11-22-13-7-4-3-6-12(13)21-2/h3-4,6-7H,5,8-11H2,1-2H3,(H,16,20)(H,18,19). The van der Waals surface area contributed by atoms with Gasteiger partial charge >= 0.3 is 12.0 Å². The van der Waals surface area contributed by atoms with E-state index in [0.29, 0.717) is 37.6 Å². The molecule has 1 rings (SSSR count). The molecule has 7 heteroatoms. The van der Waals surface area contributed by atoms with Crippen molar-refractivity contribution in [1.82, 2.24) is 10.2 Å². The topological polar surface area (TPSA) is 88.1 Å². The average molecular weight is 310 g/mol. The number of hydrogen-bond donors (Lipinski definition) is 2. The smallest absolute Gasteiger partial charge is 0.317 e. The molecule has 122 valence electrons. The number of urea groups is 1. The first-order valence-electron chi connectivity index (χ1n) is 7.01. The van der Waals surface area contributed by atoms with Gasteiger partial charge in [0.2, 0.25) is 0 Å². The van der Waals surface area contributed by atoms with Gasteiger partial charge < -0.3 is 24.8 Å². The number of likely N-dealkylation sites (N-methyl/N-ethyl adjacent to an activating group) is 1. The van der Waals surface area contributed by atoms with Gasteiger partial charge in [-0.3, -0.25) is 4.79 Å². The highest BCUT2D eigenvalue weighted by molar-refractivity contribution is 5.73. The molecular formula is C15H22N2O5. The summed E-state index contributed by atoms with van der Waals surface area (Å²) in [7, 11) is 3.22. The summed E-state index contributed by atoms with van der Waals surface area (Å²) in [6.07, 6.45) is 0.452. The highest BCUT2D eigenvalue weighted by Gasteiger charge is 2.09. The predicted octanol–water partition coefficient (Wildman–Crippen LogP) is 1.58. The number of carboxylic acid groups (broad SMARTS) is 1. The molecule has 0 aromatic heterocycles. The van der Waals surface area contributed by atoms with Crippen molar-refractivity contribution < 1.29 is 24.2 Å². The van der Waals surface area contributed by atoms with Crippen LogP contribution in [-0.2, 0) is 4.79 Å². The average Bonchev–Trinajstić information content (AvgIpc) is 2.51. The lowest BCUT2D eigenvalue weighted by Crippen LogP contribution is -2.39. The molecule has 1 aromatic carbocycles. The van der Waals surface area contributed by atoms with Crippen LogP contribution in [0.1, 0.15) is 12.8 Å². The van der Waals surface area contributed by atoms with Gasteiger partial charge in [0.15, 0.2) is 11.5 Å². The van der Waals surface area contributed by atoms with E-state index in [4.69, 9.17) is 14.6 Å². The quantitative estimate of drug-likeness (QED) is 0.676. The van der Waals surface area contributed by atoms with Crippen molar-refractivity contribution in [1.29, 1.82) is 0 Å². The fourth-order valence-electron chi connectivity index (χ4n) is 1.70. The van der Waals surface area contributed by atoms with E-state index >= 15 is 0 Å². The second-order valence-electron chi connectivity index (χ2n) is 4.65. The zero-order valence-electron chi connectivity index (χ0n) is 12.9. The Morgan fingerprint density at radius 3 is 2.59 bits per heavy atom. The molecule has 0 aliphatic rings. The number of amides is 2. The second-order valence-corrected chi connectivity index (χ2v) is 4.65. The molecule has 0 fully saturated rings. The van der Waals surface area contributed by atoms with Crippen molar-refractivity contribution >= 4 is 12.0 Å². The van der Waals surface area contributed by atoms with Crippen molar-refractivity contribution in [2.45, 2.75) is 12.8 Å². The van der Waals surface area contributed by atoms with Crippen LogP contribution < -0.4 is 14.8 Å². The number of aliphatic carboxylic acids is 1. The Kier molecular flexibility index (Phi) is 7.60. The number of nitrogens with zero attached hydrogens (tertiary/aromatic N) is 1. The number of methoxy groups -OCH3 is 1. The summed E-state index contributed by atoms with van der Waals surface area (Å²) in [5, 5.41) is 11.2. The molecule has 0 saturated heterocycles. The minimum Gasteiger partial charge on any atom is -0.493 e. The lowest BCUT2D eigenvalue weighted by Gasteiger charge is -2.18. The predicted molar refractivity (Wildman–Crippen MR) is 81.4 cm³/mol. The van der Waals surface area contributed by atoms with Gasteiger partial charge in [0, 0.05) is 20.0 Å². The number of carboxylic acids is 1. The van der Waals surface area contributed by atoms with Crippen molar-refractivity contribution in [3.8, 4) is 11.5 Å². The highest BCUT2D eigenvalue weighted by Crippen LogP contribution is 2.25. The molecule has 22 heavy (non-hydrogen) atoms. The number of nitrogens with one attached hydrogen (secondary N) is 1. The van der Waals surface area contributed by atoms with E-state index in [2.05, 4.69) is 5.32 Å². The minimum atomic E-state index is -0.868. The summed E-state index contributed by atoms with van der Waals surface area (Å²) in [6, 6.07) is 7.03. The maximum atomic E-state index is 11.7. The molecule has 0 radical (unpaired) electrons. The monoisotopic (exact) mass is 310 g/mol. The van der Waals surface area contributed by atoms with Crippen molar-refractivity contribution in [3.63, 3.8) is 0 Å². The second kappa shape index (κ2) is 9.49. The molecule has 1 aromatic rings. The van der Waals surface area contributed by atoms with Crippen LogP contribution in [0, 0.1) is 0 Å². The molecule has 0 aliphatic carbocycles. The summed E-state index contributed by atoms with van der Waals surface area (Å²) in [6.45, 7) is 1.07. The van der Waals surface area contributed by atoms with Crippen LogP contribution >= 0.6 is 0 Å². The molecule has 7 nitrogen and oxygen atoms in total. The van der Waals surface area contributed by atoms with Crippen LogP contribution in [0.25, 0.3) is 0 Å². The Hall–Kier alpha value is -2.44. The highest BCUT2D eigenvalue weighted by atomic mass is 16.5. The van der Waals surface area contributed by atoms with E-state index in [9.17, 15) is 9.59 Å². The first kappa shape index (κ1) is 17.6. The van der Waals surface area contributed by atoms with Gasteiger partial charge in [-0.25, -0.2) is 4.79 Å². The van der Waals surface area contributed by atoms with Gasteiger partial charge in [0.05, 0.1) is 13.7 Å². The van der Waals surface area contributed by atoms with Crippen LogP contribution in [0.15, 0.2) is 24.3 Å². The molecule has 0 saturated carbocycles. The van der Waals surface area contributed by atoms with Crippen molar-refractivity contribution in [2.75, 3.05) is 33.9 Å². The van der Waals surface area contributed by atoms with Gasteiger partial charge in [-0.1, -0.05) is 12.1 Å².